The summed E-state index contributed by atoms with van der Waals surface area (Å²) >= 11 is 4.87. The summed E-state index contributed by atoms with van der Waals surface area (Å²) in [5.74, 6) is -0.507. The summed E-state index contributed by atoms with van der Waals surface area (Å²) in [6.45, 7) is 1.36. The van der Waals surface area contributed by atoms with E-state index in [0.29, 0.717) is 18.8 Å². The minimum absolute atomic E-state index is 0.131. The molecule has 0 saturated heterocycles. The van der Waals surface area contributed by atoms with Crippen LogP contribution in [0.5, 0.6) is 0 Å². The third kappa shape index (κ3) is 2.41. The molecule has 0 bridgehead atoms. The van der Waals surface area contributed by atoms with E-state index in [0.717, 1.165) is 27.2 Å². The second kappa shape index (κ2) is 4.99. The topological polar surface area (TPSA) is 75.1 Å². The number of hydrogen-bond acceptors (Lipinski definition) is 5. The summed E-state index contributed by atoms with van der Waals surface area (Å²) in [6.07, 6.45) is 0.658. The molecular weight excluding hydrogens is 330 g/mol. The number of carbonyl (C=O) groups is 1. The van der Waals surface area contributed by atoms with Crippen LogP contribution in [0.2, 0.25) is 0 Å². The summed E-state index contributed by atoms with van der Waals surface area (Å²) in [5, 5.41) is 14.4. The van der Waals surface area contributed by atoms with Crippen LogP contribution < -0.4 is 5.32 Å². The molecule has 2 N–H and O–H groups in total. The van der Waals surface area contributed by atoms with Gasteiger partial charge < -0.3 is 10.4 Å². The maximum Gasteiger partial charge on any atom is 0.354 e. The minimum atomic E-state index is -0.988. The lowest BCUT2D eigenvalue weighted by Gasteiger charge is -2.18. The standard InChI is InChI=1S/C12H10BrN3O2S/c13-6-3-9(19-5-6)11-15-8-4-14-2-1-7(8)10(16-11)12(17)18/h3,5,14H,1-2,4H2,(H,17,18). The van der Waals surface area contributed by atoms with Gasteiger partial charge in [-0.15, -0.1) is 11.3 Å². The fourth-order valence-corrected chi connectivity index (χ4v) is 3.44. The van der Waals surface area contributed by atoms with Crippen molar-refractivity contribution in [2.45, 2.75) is 13.0 Å². The molecule has 19 heavy (non-hydrogen) atoms. The molecule has 1 aliphatic rings. The zero-order chi connectivity index (χ0) is 13.4. The summed E-state index contributed by atoms with van der Waals surface area (Å²) in [7, 11) is 0. The molecule has 98 valence electrons. The maximum absolute atomic E-state index is 11.3. The van der Waals surface area contributed by atoms with Crippen molar-refractivity contribution in [2.24, 2.45) is 0 Å². The van der Waals surface area contributed by atoms with Crippen molar-refractivity contribution in [2.75, 3.05) is 6.54 Å². The molecule has 3 heterocycles. The monoisotopic (exact) mass is 339 g/mol. The number of fused-ring (bicyclic) bond motifs is 1. The van der Waals surface area contributed by atoms with Crippen molar-refractivity contribution in [1.29, 1.82) is 0 Å². The van der Waals surface area contributed by atoms with Crippen LogP contribution in [-0.2, 0) is 13.0 Å². The lowest BCUT2D eigenvalue weighted by atomic mass is 10.0. The van der Waals surface area contributed by atoms with Crippen LogP contribution in [0.1, 0.15) is 21.7 Å². The number of rotatable bonds is 2. The highest BCUT2D eigenvalue weighted by molar-refractivity contribution is 9.10. The van der Waals surface area contributed by atoms with Crippen molar-refractivity contribution in [3.05, 3.63) is 32.9 Å². The fourth-order valence-electron chi connectivity index (χ4n) is 2.08. The summed E-state index contributed by atoms with van der Waals surface area (Å²) in [6, 6.07) is 1.90. The molecule has 2 aromatic heterocycles. The number of halogens is 1. The van der Waals surface area contributed by atoms with Crippen molar-refractivity contribution in [3.63, 3.8) is 0 Å². The first kappa shape index (κ1) is 12.7. The van der Waals surface area contributed by atoms with Gasteiger partial charge in [0.1, 0.15) is 0 Å². The molecular formula is C12H10BrN3O2S. The number of aromatic carboxylic acids is 1. The molecule has 7 heteroatoms. The lowest BCUT2D eigenvalue weighted by Crippen LogP contribution is -2.27. The number of carboxylic acid groups (broad SMARTS) is 1. The highest BCUT2D eigenvalue weighted by Crippen LogP contribution is 2.29. The van der Waals surface area contributed by atoms with Gasteiger partial charge in [0.15, 0.2) is 11.5 Å². The Balaban J connectivity index is 2.16. The number of thiophene rings is 1. The van der Waals surface area contributed by atoms with Crippen LogP contribution in [0.15, 0.2) is 15.9 Å². The second-order valence-electron chi connectivity index (χ2n) is 4.18. The molecule has 0 spiro atoms. The number of carboxylic acids is 1. The Morgan fingerprint density at radius 3 is 3.00 bits per heavy atom. The van der Waals surface area contributed by atoms with E-state index in [4.69, 9.17) is 0 Å². The highest BCUT2D eigenvalue weighted by atomic mass is 79.9. The molecule has 0 radical (unpaired) electrons. The number of nitrogens with zero attached hydrogens (tertiary/aromatic N) is 2. The molecule has 0 fully saturated rings. The molecule has 3 rings (SSSR count). The van der Waals surface area contributed by atoms with E-state index in [-0.39, 0.29) is 5.69 Å². The van der Waals surface area contributed by atoms with Gasteiger partial charge in [-0.25, -0.2) is 14.8 Å². The zero-order valence-corrected chi connectivity index (χ0v) is 12.2. The van der Waals surface area contributed by atoms with Crippen molar-refractivity contribution >= 4 is 33.2 Å². The van der Waals surface area contributed by atoms with E-state index in [1.165, 1.54) is 11.3 Å². The molecule has 0 unspecified atom stereocenters. The number of hydrogen-bond donors (Lipinski definition) is 2. The van der Waals surface area contributed by atoms with Crippen LogP contribution in [0, 0.1) is 0 Å². The SMILES string of the molecule is O=C(O)c1nc(-c2cc(Br)cs2)nc2c1CCNC2. The lowest BCUT2D eigenvalue weighted by molar-refractivity contribution is 0.0688. The Labute approximate surface area is 121 Å². The van der Waals surface area contributed by atoms with Crippen LogP contribution in [0.3, 0.4) is 0 Å². The Bertz CT molecular complexity index is 656. The zero-order valence-electron chi connectivity index (χ0n) is 9.81. The van der Waals surface area contributed by atoms with Crippen LogP contribution in [0.4, 0.5) is 0 Å². The number of nitrogens with one attached hydrogen (secondary N) is 1. The van der Waals surface area contributed by atoms with Crippen LogP contribution >= 0.6 is 27.3 Å². The van der Waals surface area contributed by atoms with Gasteiger partial charge in [-0.1, -0.05) is 0 Å². The van der Waals surface area contributed by atoms with Crippen molar-refractivity contribution in [1.82, 2.24) is 15.3 Å². The molecule has 5 nitrogen and oxygen atoms in total. The maximum atomic E-state index is 11.3. The molecule has 0 saturated carbocycles. The molecule has 0 atom stereocenters. The first-order valence-electron chi connectivity index (χ1n) is 5.73. The van der Waals surface area contributed by atoms with Gasteiger partial charge in [0, 0.05) is 22.0 Å². The van der Waals surface area contributed by atoms with E-state index in [1.807, 2.05) is 11.4 Å². The second-order valence-corrected chi connectivity index (χ2v) is 6.01. The first-order valence-corrected chi connectivity index (χ1v) is 7.40. The van der Waals surface area contributed by atoms with Gasteiger partial charge >= 0.3 is 5.97 Å². The molecule has 2 aromatic rings. The Hall–Kier alpha value is -1.31. The Kier molecular flexibility index (Phi) is 3.34. The Morgan fingerprint density at radius 1 is 1.47 bits per heavy atom. The highest BCUT2D eigenvalue weighted by Gasteiger charge is 2.22. The van der Waals surface area contributed by atoms with Crippen molar-refractivity contribution < 1.29 is 9.90 Å². The van der Waals surface area contributed by atoms with Gasteiger partial charge in [0.05, 0.1) is 10.6 Å². The Morgan fingerprint density at radius 2 is 2.32 bits per heavy atom. The molecule has 1 aliphatic heterocycles. The normalized spacial score (nSPS) is 14.2. The van der Waals surface area contributed by atoms with Gasteiger partial charge in [-0.2, -0.15) is 0 Å². The molecule has 0 aromatic carbocycles. The van der Waals surface area contributed by atoms with Gasteiger partial charge in [0.2, 0.25) is 0 Å². The van der Waals surface area contributed by atoms with E-state index in [1.54, 1.807) is 0 Å². The van der Waals surface area contributed by atoms with E-state index in [2.05, 4.69) is 31.2 Å². The summed E-state index contributed by atoms with van der Waals surface area (Å²) in [4.78, 5) is 20.9. The predicted molar refractivity (Wildman–Crippen MR) is 75.4 cm³/mol. The number of aromatic nitrogens is 2. The molecule has 0 aliphatic carbocycles. The smallest absolute Gasteiger partial charge is 0.354 e. The quantitative estimate of drug-likeness (QED) is 0.878. The first-order chi connectivity index (χ1) is 9.15. The van der Waals surface area contributed by atoms with E-state index < -0.39 is 5.97 Å². The average Bonchev–Trinajstić information content (AvgIpc) is 2.84. The average molecular weight is 340 g/mol. The van der Waals surface area contributed by atoms with E-state index in [9.17, 15) is 9.90 Å². The fraction of sp³-hybridized carbons (Fsp3) is 0.250. The van der Waals surface area contributed by atoms with Crippen LogP contribution in [0.25, 0.3) is 10.7 Å². The predicted octanol–water partition coefficient (Wildman–Crippen LogP) is 2.31. The summed E-state index contributed by atoms with van der Waals surface area (Å²) in [5.41, 5.74) is 1.68. The summed E-state index contributed by atoms with van der Waals surface area (Å²) < 4.78 is 0.948. The van der Waals surface area contributed by atoms with Gasteiger partial charge in [-0.05, 0) is 35.0 Å². The van der Waals surface area contributed by atoms with Crippen molar-refractivity contribution in [3.8, 4) is 10.7 Å². The largest absolute Gasteiger partial charge is 0.476 e. The van der Waals surface area contributed by atoms with Crippen LogP contribution in [-0.4, -0.2) is 27.6 Å². The van der Waals surface area contributed by atoms with Gasteiger partial charge in [0.25, 0.3) is 0 Å². The van der Waals surface area contributed by atoms with E-state index >= 15 is 0 Å². The third-order valence-electron chi connectivity index (χ3n) is 2.93. The van der Waals surface area contributed by atoms with Gasteiger partial charge in [-0.3, -0.25) is 0 Å². The molecule has 0 amide bonds. The minimum Gasteiger partial charge on any atom is -0.476 e. The third-order valence-corrected chi connectivity index (χ3v) is 4.61.